The van der Waals surface area contributed by atoms with Gasteiger partial charge in [0.1, 0.15) is 0 Å². The number of piperidine rings is 1. The standard InChI is InChI=1S/C18H25N3O4S/c1-11-4-3-5-12(2)21(11)15(22)9-25-16(23)8-14-10-26-18(19-14)20-17(24)13-6-7-13/h10-13H,3-9H2,1-2H3,(H,19,20,24)/t11-,12-/m0/s1. The third-order valence-electron chi connectivity index (χ3n) is 4.89. The summed E-state index contributed by atoms with van der Waals surface area (Å²) in [5, 5.41) is 4.98. The molecule has 2 atom stereocenters. The summed E-state index contributed by atoms with van der Waals surface area (Å²) in [5.41, 5.74) is 0.540. The Labute approximate surface area is 157 Å². The van der Waals surface area contributed by atoms with Gasteiger partial charge >= 0.3 is 5.97 Å². The van der Waals surface area contributed by atoms with Crippen molar-refractivity contribution in [3.05, 3.63) is 11.1 Å². The summed E-state index contributed by atoms with van der Waals surface area (Å²) < 4.78 is 5.14. The molecule has 3 rings (SSSR count). The maximum Gasteiger partial charge on any atom is 0.312 e. The van der Waals surface area contributed by atoms with Crippen molar-refractivity contribution in [1.29, 1.82) is 0 Å². The number of thiazole rings is 1. The van der Waals surface area contributed by atoms with Crippen molar-refractivity contribution >= 4 is 34.3 Å². The molecule has 2 heterocycles. The number of carbonyl (C=O) groups excluding carboxylic acids is 3. The highest BCUT2D eigenvalue weighted by atomic mass is 32.1. The first kappa shape index (κ1) is 18.8. The van der Waals surface area contributed by atoms with Crippen LogP contribution >= 0.6 is 11.3 Å². The normalized spacial score (nSPS) is 22.8. The fraction of sp³-hybridized carbons (Fsp3) is 0.667. The zero-order chi connectivity index (χ0) is 18.7. The molecule has 26 heavy (non-hydrogen) atoms. The van der Waals surface area contributed by atoms with Gasteiger partial charge in [-0.1, -0.05) is 0 Å². The van der Waals surface area contributed by atoms with Gasteiger partial charge in [-0.3, -0.25) is 14.4 Å². The minimum atomic E-state index is -0.485. The average Bonchev–Trinajstić information content (AvgIpc) is 3.35. The van der Waals surface area contributed by atoms with Crippen molar-refractivity contribution in [3.63, 3.8) is 0 Å². The van der Waals surface area contributed by atoms with Gasteiger partial charge < -0.3 is 15.0 Å². The number of hydrogen-bond donors (Lipinski definition) is 1. The van der Waals surface area contributed by atoms with Crippen LogP contribution in [0.1, 0.15) is 51.6 Å². The Hall–Kier alpha value is -1.96. The van der Waals surface area contributed by atoms with Gasteiger partial charge in [-0.25, -0.2) is 4.98 Å². The van der Waals surface area contributed by atoms with E-state index < -0.39 is 5.97 Å². The molecular weight excluding hydrogens is 354 g/mol. The van der Waals surface area contributed by atoms with Crippen molar-refractivity contribution in [2.24, 2.45) is 5.92 Å². The van der Waals surface area contributed by atoms with Crippen LogP contribution < -0.4 is 5.32 Å². The van der Waals surface area contributed by atoms with Crippen LogP contribution in [0.25, 0.3) is 0 Å². The van der Waals surface area contributed by atoms with E-state index in [1.807, 2.05) is 18.7 Å². The van der Waals surface area contributed by atoms with Gasteiger partial charge in [0.25, 0.3) is 5.91 Å². The predicted octanol–water partition coefficient (Wildman–Crippen LogP) is 2.37. The Kier molecular flexibility index (Phi) is 5.90. The fourth-order valence-corrected chi connectivity index (χ4v) is 4.04. The second-order valence-corrected chi connectivity index (χ2v) is 8.03. The molecule has 0 aromatic carbocycles. The Morgan fingerprint density at radius 2 is 1.92 bits per heavy atom. The lowest BCUT2D eigenvalue weighted by Crippen LogP contribution is -2.49. The maximum atomic E-state index is 12.4. The van der Waals surface area contributed by atoms with Crippen molar-refractivity contribution in [2.45, 2.75) is 64.5 Å². The Morgan fingerprint density at radius 3 is 2.58 bits per heavy atom. The molecule has 1 aliphatic carbocycles. The van der Waals surface area contributed by atoms with E-state index in [-0.39, 0.29) is 42.8 Å². The van der Waals surface area contributed by atoms with Crippen molar-refractivity contribution in [1.82, 2.24) is 9.88 Å². The van der Waals surface area contributed by atoms with Crippen molar-refractivity contribution in [2.75, 3.05) is 11.9 Å². The fourth-order valence-electron chi connectivity index (χ4n) is 3.33. The topological polar surface area (TPSA) is 88.6 Å². The molecule has 8 heteroatoms. The third-order valence-corrected chi connectivity index (χ3v) is 5.70. The Balaban J connectivity index is 1.44. The number of carbonyl (C=O) groups is 3. The molecule has 1 saturated heterocycles. The molecule has 0 spiro atoms. The largest absolute Gasteiger partial charge is 0.455 e. The molecule has 1 aliphatic heterocycles. The number of rotatable bonds is 6. The van der Waals surface area contributed by atoms with Crippen LogP contribution in [0.15, 0.2) is 5.38 Å². The summed E-state index contributed by atoms with van der Waals surface area (Å²) in [7, 11) is 0. The first-order valence-electron chi connectivity index (χ1n) is 9.16. The minimum absolute atomic E-state index is 0.00577. The van der Waals surface area contributed by atoms with E-state index in [0.29, 0.717) is 10.8 Å². The van der Waals surface area contributed by atoms with E-state index >= 15 is 0 Å². The van der Waals surface area contributed by atoms with Crippen LogP contribution in [0.2, 0.25) is 0 Å². The molecular formula is C18H25N3O4S. The molecule has 0 unspecified atom stereocenters. The Morgan fingerprint density at radius 1 is 1.23 bits per heavy atom. The number of amides is 2. The first-order chi connectivity index (χ1) is 12.4. The van der Waals surface area contributed by atoms with Crippen LogP contribution in [0.4, 0.5) is 5.13 Å². The highest BCUT2D eigenvalue weighted by Gasteiger charge is 2.30. The lowest BCUT2D eigenvalue weighted by molar-refractivity contribution is -0.154. The molecule has 7 nitrogen and oxygen atoms in total. The number of esters is 1. The number of anilines is 1. The monoisotopic (exact) mass is 379 g/mol. The summed E-state index contributed by atoms with van der Waals surface area (Å²) in [4.78, 5) is 42.1. The van der Waals surface area contributed by atoms with E-state index in [1.54, 1.807) is 5.38 Å². The number of likely N-dealkylation sites (tertiary alicyclic amines) is 1. The summed E-state index contributed by atoms with van der Waals surface area (Å²) in [6, 6.07) is 0.363. The van der Waals surface area contributed by atoms with Crippen LogP contribution in [-0.2, 0) is 25.5 Å². The van der Waals surface area contributed by atoms with E-state index in [1.165, 1.54) is 11.3 Å². The van der Waals surface area contributed by atoms with Gasteiger partial charge in [-0.05, 0) is 46.0 Å². The van der Waals surface area contributed by atoms with Crippen LogP contribution in [0.3, 0.4) is 0 Å². The molecule has 2 aliphatic rings. The van der Waals surface area contributed by atoms with Crippen molar-refractivity contribution < 1.29 is 19.1 Å². The summed E-state index contributed by atoms with van der Waals surface area (Å²) in [5.74, 6) is -0.531. The van der Waals surface area contributed by atoms with Gasteiger partial charge in [-0.2, -0.15) is 0 Å². The van der Waals surface area contributed by atoms with Crippen LogP contribution in [-0.4, -0.2) is 46.4 Å². The molecule has 2 fully saturated rings. The number of nitrogens with zero attached hydrogens (tertiary/aromatic N) is 2. The third kappa shape index (κ3) is 4.81. The summed E-state index contributed by atoms with van der Waals surface area (Å²) >= 11 is 1.29. The van der Waals surface area contributed by atoms with E-state index in [9.17, 15) is 14.4 Å². The van der Waals surface area contributed by atoms with Crippen molar-refractivity contribution in [3.8, 4) is 0 Å². The average molecular weight is 379 g/mol. The molecule has 142 valence electrons. The van der Waals surface area contributed by atoms with Gasteiger partial charge in [-0.15, -0.1) is 11.3 Å². The van der Waals surface area contributed by atoms with Crippen LogP contribution in [0.5, 0.6) is 0 Å². The lowest BCUT2D eigenvalue weighted by atomic mass is 9.97. The molecule has 1 saturated carbocycles. The summed E-state index contributed by atoms with van der Waals surface area (Å²) in [6.07, 6.45) is 4.94. The molecule has 2 amide bonds. The van der Waals surface area contributed by atoms with E-state index in [0.717, 1.165) is 32.1 Å². The van der Waals surface area contributed by atoms with E-state index in [4.69, 9.17) is 4.74 Å². The smallest absolute Gasteiger partial charge is 0.312 e. The highest BCUT2D eigenvalue weighted by molar-refractivity contribution is 7.13. The number of hydrogen-bond acceptors (Lipinski definition) is 6. The second kappa shape index (κ2) is 8.16. The van der Waals surface area contributed by atoms with Crippen LogP contribution in [0, 0.1) is 5.92 Å². The zero-order valence-electron chi connectivity index (χ0n) is 15.2. The van der Waals surface area contributed by atoms with Gasteiger partial charge in [0.2, 0.25) is 5.91 Å². The van der Waals surface area contributed by atoms with E-state index in [2.05, 4.69) is 10.3 Å². The number of ether oxygens (including phenoxy) is 1. The molecule has 1 N–H and O–H groups in total. The molecule has 0 bridgehead atoms. The molecule has 1 aromatic rings. The van der Waals surface area contributed by atoms with Gasteiger partial charge in [0, 0.05) is 23.4 Å². The Bertz CT molecular complexity index is 676. The quantitative estimate of drug-likeness (QED) is 0.767. The van der Waals surface area contributed by atoms with Gasteiger partial charge in [0.15, 0.2) is 11.7 Å². The SMILES string of the molecule is C[C@H]1CCC[C@H](C)N1C(=O)COC(=O)Cc1csc(NC(=O)C2CC2)n1. The predicted molar refractivity (Wildman–Crippen MR) is 97.8 cm³/mol. The summed E-state index contributed by atoms with van der Waals surface area (Å²) in [6.45, 7) is 3.83. The number of nitrogens with one attached hydrogen (secondary N) is 1. The minimum Gasteiger partial charge on any atom is -0.455 e. The molecule has 1 aromatic heterocycles. The highest BCUT2D eigenvalue weighted by Crippen LogP contribution is 2.30. The van der Waals surface area contributed by atoms with Gasteiger partial charge in [0.05, 0.1) is 12.1 Å². The zero-order valence-corrected chi connectivity index (χ0v) is 16.0. The first-order valence-corrected chi connectivity index (χ1v) is 10.0. The molecule has 0 radical (unpaired) electrons. The number of aromatic nitrogens is 1. The maximum absolute atomic E-state index is 12.4. The second-order valence-electron chi connectivity index (χ2n) is 7.17. The lowest BCUT2D eigenvalue weighted by Gasteiger charge is -2.38.